The molecule has 1 aromatic rings. The summed E-state index contributed by atoms with van der Waals surface area (Å²) in [4.78, 5) is 23.8. The van der Waals surface area contributed by atoms with E-state index in [1.165, 1.54) is 0 Å². The number of carbonyl (C=O) groups excluding carboxylic acids is 1. The predicted octanol–water partition coefficient (Wildman–Crippen LogP) is 2.76. The van der Waals surface area contributed by atoms with Crippen LogP contribution in [0.5, 0.6) is 0 Å². The lowest BCUT2D eigenvalue weighted by Gasteiger charge is -2.17. The molecule has 0 spiro atoms. The molecule has 0 aromatic carbocycles. The molecule has 0 atom stereocenters. The second-order valence-electron chi connectivity index (χ2n) is 5.15. The number of carbonyl (C=O) groups is 2. The van der Waals surface area contributed by atoms with Crippen molar-refractivity contribution in [2.24, 2.45) is 0 Å². The topological polar surface area (TPSA) is 82.8 Å². The first-order chi connectivity index (χ1) is 10.0. The lowest BCUT2D eigenvalue weighted by molar-refractivity contribution is -0.137. The number of carboxylic acids is 1. The number of hydrogen-bond donors (Lipinski definition) is 2. The van der Waals surface area contributed by atoms with Crippen molar-refractivity contribution in [3.63, 3.8) is 0 Å². The number of unbranched alkanes of at least 4 members (excludes halogenated alkanes) is 3. The molecule has 0 unspecified atom stereocenters. The molecule has 2 N–H and O–H groups in total. The maximum atomic E-state index is 11.9. The van der Waals surface area contributed by atoms with E-state index in [9.17, 15) is 9.59 Å². The Morgan fingerprint density at radius 2 is 2.00 bits per heavy atom. The highest BCUT2D eigenvalue weighted by atomic mass is 16.4. The Morgan fingerprint density at radius 1 is 1.29 bits per heavy atom. The van der Waals surface area contributed by atoms with Gasteiger partial charge in [0.25, 0.3) is 0 Å². The fourth-order valence-corrected chi connectivity index (χ4v) is 1.99. The van der Waals surface area contributed by atoms with E-state index in [0.29, 0.717) is 19.5 Å². The monoisotopic (exact) mass is 296 g/mol. The van der Waals surface area contributed by atoms with E-state index in [2.05, 4.69) is 5.32 Å². The number of urea groups is 1. The lowest BCUT2D eigenvalue weighted by atomic mass is 10.1. The lowest BCUT2D eigenvalue weighted by Crippen LogP contribution is -2.37. The van der Waals surface area contributed by atoms with Crippen molar-refractivity contribution < 1.29 is 19.1 Å². The van der Waals surface area contributed by atoms with Crippen molar-refractivity contribution in [3.8, 4) is 0 Å². The first-order valence-electron chi connectivity index (χ1n) is 7.24. The van der Waals surface area contributed by atoms with E-state index in [1.54, 1.807) is 18.2 Å². The largest absolute Gasteiger partial charge is 0.481 e. The minimum absolute atomic E-state index is 0.110. The Hall–Kier alpha value is -1.98. The number of nitrogens with one attached hydrogen (secondary N) is 1. The Balaban J connectivity index is 2.10. The fraction of sp³-hybridized carbons (Fsp3) is 0.600. The van der Waals surface area contributed by atoms with Crippen LogP contribution >= 0.6 is 0 Å². The second kappa shape index (κ2) is 9.05. The van der Waals surface area contributed by atoms with Crippen LogP contribution in [-0.4, -0.2) is 35.6 Å². The van der Waals surface area contributed by atoms with Crippen molar-refractivity contribution in [3.05, 3.63) is 23.7 Å². The highest BCUT2D eigenvalue weighted by Crippen LogP contribution is 2.11. The van der Waals surface area contributed by atoms with Gasteiger partial charge < -0.3 is 19.7 Å². The van der Waals surface area contributed by atoms with Crippen molar-refractivity contribution in [1.82, 2.24) is 10.2 Å². The molecule has 0 aliphatic carbocycles. The number of furan rings is 1. The van der Waals surface area contributed by atoms with Gasteiger partial charge in [0.2, 0.25) is 0 Å². The molecule has 1 aromatic heterocycles. The predicted molar refractivity (Wildman–Crippen MR) is 79.0 cm³/mol. The molecule has 0 bridgehead atoms. The van der Waals surface area contributed by atoms with E-state index < -0.39 is 5.97 Å². The average Bonchev–Trinajstić information content (AvgIpc) is 2.82. The van der Waals surface area contributed by atoms with E-state index in [4.69, 9.17) is 9.52 Å². The molecule has 21 heavy (non-hydrogen) atoms. The molecule has 2 amide bonds. The van der Waals surface area contributed by atoms with Crippen LogP contribution in [0.25, 0.3) is 0 Å². The van der Waals surface area contributed by atoms with Gasteiger partial charge in [-0.1, -0.05) is 12.8 Å². The molecule has 0 radical (unpaired) electrons. The van der Waals surface area contributed by atoms with Crippen LogP contribution in [0.2, 0.25) is 0 Å². The number of rotatable bonds is 9. The van der Waals surface area contributed by atoms with Gasteiger partial charge in [0.15, 0.2) is 0 Å². The summed E-state index contributed by atoms with van der Waals surface area (Å²) >= 11 is 0. The standard InChI is InChI=1S/C15H24N2O4/c1-12-13(8-10-21-12)11-17(2)15(20)16-9-6-4-3-5-7-14(18)19/h8,10H,3-7,9,11H2,1-2H3,(H,16,20)(H,18,19). The molecule has 0 aliphatic rings. The van der Waals surface area contributed by atoms with Gasteiger partial charge in [-0.05, 0) is 25.8 Å². The summed E-state index contributed by atoms with van der Waals surface area (Å²) in [7, 11) is 1.74. The molecule has 0 aliphatic heterocycles. The smallest absolute Gasteiger partial charge is 0.317 e. The van der Waals surface area contributed by atoms with Gasteiger partial charge in [-0.2, -0.15) is 0 Å². The Bertz CT molecular complexity index is 456. The van der Waals surface area contributed by atoms with E-state index in [0.717, 1.165) is 30.6 Å². The quantitative estimate of drug-likeness (QED) is 0.686. The van der Waals surface area contributed by atoms with Gasteiger partial charge in [-0.15, -0.1) is 0 Å². The summed E-state index contributed by atoms with van der Waals surface area (Å²) < 4.78 is 5.20. The maximum absolute atomic E-state index is 11.9. The Morgan fingerprint density at radius 3 is 2.62 bits per heavy atom. The molecule has 6 nitrogen and oxygen atoms in total. The van der Waals surface area contributed by atoms with Crippen LogP contribution in [0.4, 0.5) is 4.79 Å². The van der Waals surface area contributed by atoms with Crippen LogP contribution in [0.15, 0.2) is 16.7 Å². The van der Waals surface area contributed by atoms with Gasteiger partial charge in [0.1, 0.15) is 5.76 Å². The zero-order valence-corrected chi connectivity index (χ0v) is 12.7. The van der Waals surface area contributed by atoms with Crippen molar-refractivity contribution in [2.45, 2.75) is 45.6 Å². The molecule has 1 heterocycles. The fourth-order valence-electron chi connectivity index (χ4n) is 1.99. The number of aliphatic carboxylic acids is 1. The van der Waals surface area contributed by atoms with Crippen molar-refractivity contribution >= 4 is 12.0 Å². The molecule has 118 valence electrons. The SMILES string of the molecule is Cc1occc1CN(C)C(=O)NCCCCCCC(=O)O. The van der Waals surface area contributed by atoms with Gasteiger partial charge in [-0.25, -0.2) is 4.79 Å². The third kappa shape index (κ3) is 6.83. The normalized spacial score (nSPS) is 10.4. The van der Waals surface area contributed by atoms with E-state index in [-0.39, 0.29) is 12.5 Å². The highest BCUT2D eigenvalue weighted by Gasteiger charge is 2.10. The van der Waals surface area contributed by atoms with Gasteiger partial charge in [0.05, 0.1) is 12.8 Å². The maximum Gasteiger partial charge on any atom is 0.317 e. The summed E-state index contributed by atoms with van der Waals surface area (Å²) in [5.41, 5.74) is 1.00. The minimum Gasteiger partial charge on any atom is -0.481 e. The van der Waals surface area contributed by atoms with Crippen LogP contribution in [0.1, 0.15) is 43.4 Å². The van der Waals surface area contributed by atoms with Crippen molar-refractivity contribution in [2.75, 3.05) is 13.6 Å². The zero-order valence-electron chi connectivity index (χ0n) is 12.7. The van der Waals surface area contributed by atoms with Crippen LogP contribution in [-0.2, 0) is 11.3 Å². The van der Waals surface area contributed by atoms with Gasteiger partial charge in [-0.3, -0.25) is 4.79 Å². The third-order valence-corrected chi connectivity index (χ3v) is 3.31. The molecule has 0 saturated carbocycles. The van der Waals surface area contributed by atoms with Crippen LogP contribution in [0.3, 0.4) is 0 Å². The Kier molecular flexibility index (Phi) is 7.36. The van der Waals surface area contributed by atoms with E-state index in [1.807, 2.05) is 13.0 Å². The number of nitrogens with zero attached hydrogens (tertiary/aromatic N) is 1. The summed E-state index contributed by atoms with van der Waals surface area (Å²) in [6, 6.07) is 1.75. The van der Waals surface area contributed by atoms with Gasteiger partial charge >= 0.3 is 12.0 Å². The molecule has 6 heteroatoms. The molecular weight excluding hydrogens is 272 g/mol. The average molecular weight is 296 g/mol. The van der Waals surface area contributed by atoms with Crippen molar-refractivity contribution in [1.29, 1.82) is 0 Å². The third-order valence-electron chi connectivity index (χ3n) is 3.31. The number of carboxylic acid groups (broad SMARTS) is 1. The second-order valence-corrected chi connectivity index (χ2v) is 5.15. The summed E-state index contributed by atoms with van der Waals surface area (Å²) in [6.45, 7) is 3.01. The van der Waals surface area contributed by atoms with Crippen LogP contribution in [0, 0.1) is 6.92 Å². The van der Waals surface area contributed by atoms with Gasteiger partial charge in [0, 0.05) is 25.6 Å². The number of aryl methyl sites for hydroxylation is 1. The molecular formula is C15H24N2O4. The Labute approximate surface area is 125 Å². The minimum atomic E-state index is -0.750. The van der Waals surface area contributed by atoms with E-state index >= 15 is 0 Å². The highest BCUT2D eigenvalue weighted by molar-refractivity contribution is 5.73. The molecule has 0 fully saturated rings. The summed E-state index contributed by atoms with van der Waals surface area (Å²) in [6.07, 6.45) is 5.21. The summed E-state index contributed by atoms with van der Waals surface area (Å²) in [5.74, 6) is 0.0764. The number of amides is 2. The molecule has 0 saturated heterocycles. The van der Waals surface area contributed by atoms with Crippen LogP contribution < -0.4 is 5.32 Å². The number of hydrogen-bond acceptors (Lipinski definition) is 3. The zero-order chi connectivity index (χ0) is 15.7. The molecule has 1 rings (SSSR count). The summed E-state index contributed by atoms with van der Waals surface area (Å²) in [5, 5.41) is 11.4. The first-order valence-corrected chi connectivity index (χ1v) is 7.24. The first kappa shape index (κ1) is 17.1.